The molecule has 4 aromatic rings. The van der Waals surface area contributed by atoms with Crippen LogP contribution in [0.1, 0.15) is 26.3 Å². The zero-order chi connectivity index (χ0) is 23.4. The average Bonchev–Trinajstić information content (AvgIpc) is 3.53. The number of ether oxygens (including phenoxy) is 4. The van der Waals surface area contributed by atoms with Gasteiger partial charge in [0.1, 0.15) is 22.5 Å². The second kappa shape index (κ2) is 9.89. The Hall–Kier alpha value is -3.62. The number of hydrogen-bond acceptors (Lipinski definition) is 7. The fourth-order valence-corrected chi connectivity index (χ4v) is 4.52. The molecular weight excluding hydrogens is 440 g/mol. The van der Waals surface area contributed by atoms with Crippen LogP contribution in [-0.4, -0.2) is 44.2 Å². The third kappa shape index (κ3) is 4.62. The summed E-state index contributed by atoms with van der Waals surface area (Å²) in [6.45, 7) is 0. The molecule has 0 saturated heterocycles. The Labute approximate surface area is 196 Å². The number of carbonyl (C=O) groups excluding carboxylic acids is 1. The monoisotopic (exact) mass is 464 g/mol. The molecule has 1 atom stereocenters. The molecule has 33 heavy (non-hydrogen) atoms. The van der Waals surface area contributed by atoms with Gasteiger partial charge in [0.2, 0.25) is 0 Å². The number of aromatic nitrogens is 2. The summed E-state index contributed by atoms with van der Waals surface area (Å²) in [5.74, 6) is 1.17. The van der Waals surface area contributed by atoms with Crippen LogP contribution in [0, 0.1) is 0 Å². The van der Waals surface area contributed by atoms with Crippen LogP contribution in [0.4, 0.5) is 0 Å². The van der Waals surface area contributed by atoms with E-state index in [9.17, 15) is 4.79 Å². The molecule has 0 spiro atoms. The van der Waals surface area contributed by atoms with Crippen LogP contribution in [0.15, 0.2) is 66.7 Å². The normalized spacial score (nSPS) is 11.8. The fraction of sp³-hybridized carbons (Fsp3) is 0.200. The first kappa shape index (κ1) is 22.6. The average molecular weight is 465 g/mol. The van der Waals surface area contributed by atoms with Crippen molar-refractivity contribution >= 4 is 17.3 Å². The number of benzene rings is 2. The summed E-state index contributed by atoms with van der Waals surface area (Å²) >= 11 is 1.33. The van der Waals surface area contributed by atoms with Gasteiger partial charge in [0.15, 0.2) is 0 Å². The molecular formula is C25H24N2O5S. The van der Waals surface area contributed by atoms with Gasteiger partial charge in [0.05, 0.1) is 38.4 Å². The summed E-state index contributed by atoms with van der Waals surface area (Å²) in [6.07, 6.45) is -0.440. The van der Waals surface area contributed by atoms with Gasteiger partial charge in [0.25, 0.3) is 0 Å². The van der Waals surface area contributed by atoms with Gasteiger partial charge in [-0.05, 0) is 66.7 Å². The molecule has 0 saturated carbocycles. The van der Waals surface area contributed by atoms with E-state index in [-0.39, 0.29) is 5.97 Å². The van der Waals surface area contributed by atoms with Crippen molar-refractivity contribution in [2.75, 3.05) is 28.4 Å². The first-order valence-corrected chi connectivity index (χ1v) is 11.0. The van der Waals surface area contributed by atoms with Crippen LogP contribution in [0.5, 0.6) is 11.5 Å². The molecule has 2 heterocycles. The minimum Gasteiger partial charge on any atom is -0.497 e. The Balaban J connectivity index is 1.80. The highest BCUT2D eigenvalue weighted by Gasteiger charge is 2.23. The first-order chi connectivity index (χ1) is 16.1. The molecule has 0 amide bonds. The number of rotatable bonds is 8. The molecule has 4 rings (SSSR count). The maximum absolute atomic E-state index is 11.9. The van der Waals surface area contributed by atoms with Crippen molar-refractivity contribution in [1.82, 2.24) is 9.78 Å². The summed E-state index contributed by atoms with van der Waals surface area (Å²) < 4.78 is 23.1. The van der Waals surface area contributed by atoms with Crippen LogP contribution >= 0.6 is 11.3 Å². The van der Waals surface area contributed by atoms with E-state index in [2.05, 4.69) is 0 Å². The van der Waals surface area contributed by atoms with Crippen molar-refractivity contribution < 1.29 is 23.7 Å². The molecule has 7 nitrogen and oxygen atoms in total. The van der Waals surface area contributed by atoms with Crippen LogP contribution in [-0.2, 0) is 9.47 Å². The van der Waals surface area contributed by atoms with Gasteiger partial charge < -0.3 is 18.9 Å². The lowest BCUT2D eigenvalue weighted by atomic mass is 10.1. The van der Waals surface area contributed by atoms with Crippen molar-refractivity contribution in [2.24, 2.45) is 0 Å². The largest absolute Gasteiger partial charge is 0.497 e. The van der Waals surface area contributed by atoms with Crippen molar-refractivity contribution in [2.45, 2.75) is 6.10 Å². The Morgan fingerprint density at radius 2 is 1.52 bits per heavy atom. The highest BCUT2D eigenvalue weighted by molar-refractivity contribution is 7.14. The smallest absolute Gasteiger partial charge is 0.348 e. The first-order valence-electron chi connectivity index (χ1n) is 10.2. The molecule has 0 aliphatic rings. The number of hydrogen-bond donors (Lipinski definition) is 0. The number of esters is 1. The van der Waals surface area contributed by atoms with Crippen LogP contribution < -0.4 is 9.47 Å². The van der Waals surface area contributed by atoms with Gasteiger partial charge in [-0.1, -0.05) is 0 Å². The maximum Gasteiger partial charge on any atom is 0.348 e. The molecule has 2 aromatic carbocycles. The van der Waals surface area contributed by atoms with E-state index in [1.54, 1.807) is 27.4 Å². The van der Waals surface area contributed by atoms with Gasteiger partial charge in [-0.3, -0.25) is 0 Å². The van der Waals surface area contributed by atoms with Gasteiger partial charge >= 0.3 is 5.97 Å². The van der Waals surface area contributed by atoms with Gasteiger partial charge in [-0.2, -0.15) is 5.10 Å². The topological polar surface area (TPSA) is 71.8 Å². The van der Waals surface area contributed by atoms with E-state index in [0.29, 0.717) is 4.88 Å². The summed E-state index contributed by atoms with van der Waals surface area (Å²) in [6, 6.07) is 21.1. The minimum absolute atomic E-state index is 0.371. The van der Waals surface area contributed by atoms with Crippen molar-refractivity contribution in [3.8, 4) is 28.4 Å². The molecule has 0 aliphatic carbocycles. The summed E-state index contributed by atoms with van der Waals surface area (Å²) in [5.41, 5.74) is 3.47. The van der Waals surface area contributed by atoms with Gasteiger partial charge in [-0.25, -0.2) is 9.48 Å². The number of nitrogens with zero attached hydrogens (tertiary/aromatic N) is 2. The molecule has 0 radical (unpaired) electrons. The Kier molecular flexibility index (Phi) is 6.76. The summed E-state index contributed by atoms with van der Waals surface area (Å²) in [7, 11) is 6.27. The zero-order valence-electron chi connectivity index (χ0n) is 18.8. The molecule has 2 aromatic heterocycles. The molecule has 1 unspecified atom stereocenters. The Morgan fingerprint density at radius 1 is 0.879 bits per heavy atom. The predicted octanol–water partition coefficient (Wildman–Crippen LogP) is 5.14. The molecule has 0 bridgehead atoms. The number of carbonyl (C=O) groups is 1. The van der Waals surface area contributed by atoms with Crippen molar-refractivity contribution in [3.05, 3.63) is 82.2 Å². The predicted molar refractivity (Wildman–Crippen MR) is 127 cm³/mol. The number of thiophene rings is 1. The quantitative estimate of drug-likeness (QED) is 0.336. The van der Waals surface area contributed by atoms with E-state index in [4.69, 9.17) is 24.0 Å². The summed E-state index contributed by atoms with van der Waals surface area (Å²) in [4.78, 5) is 13.3. The Morgan fingerprint density at radius 3 is 2.09 bits per heavy atom. The van der Waals surface area contributed by atoms with Crippen LogP contribution in [0.3, 0.4) is 0 Å². The van der Waals surface area contributed by atoms with E-state index in [1.165, 1.54) is 18.4 Å². The molecule has 0 N–H and O–H groups in total. The van der Waals surface area contributed by atoms with Crippen molar-refractivity contribution in [3.63, 3.8) is 0 Å². The molecule has 170 valence electrons. The third-order valence-electron chi connectivity index (χ3n) is 5.21. The lowest BCUT2D eigenvalue weighted by molar-refractivity contribution is 0.0606. The SMILES string of the molecule is COC(=O)c1ccc(C(OC)c2cc(-c3ccc(OC)cc3)n(-c3ccc(OC)cc3)n2)s1. The highest BCUT2D eigenvalue weighted by atomic mass is 32.1. The Bertz CT molecular complexity index is 1160. The molecule has 0 fully saturated rings. The van der Waals surface area contributed by atoms with E-state index in [0.717, 1.165) is 39.0 Å². The van der Waals surface area contributed by atoms with Gasteiger partial charge in [0, 0.05) is 17.6 Å². The van der Waals surface area contributed by atoms with E-state index >= 15 is 0 Å². The standard InChI is InChI=1S/C25H24N2O5S/c1-29-18-9-5-16(6-10-18)21-15-20(26-27(21)17-7-11-19(30-2)12-8-17)24(31-3)22-13-14-23(33-22)25(28)32-4/h5-15,24H,1-4H3. The zero-order valence-corrected chi connectivity index (χ0v) is 19.6. The van der Waals surface area contributed by atoms with E-state index in [1.807, 2.05) is 65.3 Å². The second-order valence-corrected chi connectivity index (χ2v) is 8.22. The maximum atomic E-state index is 11.9. The third-order valence-corrected chi connectivity index (χ3v) is 6.32. The van der Waals surface area contributed by atoms with E-state index < -0.39 is 6.10 Å². The minimum atomic E-state index is -0.440. The number of methoxy groups -OCH3 is 4. The molecule has 0 aliphatic heterocycles. The lowest BCUT2D eigenvalue weighted by Crippen LogP contribution is -2.05. The fourth-order valence-electron chi connectivity index (χ4n) is 3.50. The molecule has 8 heteroatoms. The highest BCUT2D eigenvalue weighted by Crippen LogP contribution is 2.34. The van der Waals surface area contributed by atoms with Gasteiger partial charge in [-0.15, -0.1) is 11.3 Å². The van der Waals surface area contributed by atoms with Crippen LogP contribution in [0.25, 0.3) is 16.9 Å². The lowest BCUT2D eigenvalue weighted by Gasteiger charge is -2.11. The van der Waals surface area contributed by atoms with Crippen LogP contribution in [0.2, 0.25) is 0 Å². The second-order valence-electron chi connectivity index (χ2n) is 7.10. The van der Waals surface area contributed by atoms with Crippen molar-refractivity contribution in [1.29, 1.82) is 0 Å². The summed E-state index contributed by atoms with van der Waals surface area (Å²) in [5, 5.41) is 4.89.